The Hall–Kier alpha value is -1.15. The lowest BCUT2D eigenvalue weighted by atomic mass is 9.83. The maximum atomic E-state index is 11.7. The topological polar surface area (TPSA) is 20.3 Å². The highest BCUT2D eigenvalue weighted by Gasteiger charge is 2.34. The van der Waals surface area contributed by atoms with Crippen molar-refractivity contribution in [2.45, 2.75) is 38.0 Å². The van der Waals surface area contributed by atoms with E-state index in [1.54, 1.807) is 0 Å². The molecule has 0 saturated heterocycles. The Morgan fingerprint density at radius 2 is 1.65 bits per heavy atom. The lowest BCUT2D eigenvalue weighted by molar-refractivity contribution is -0.112. The van der Waals surface area contributed by atoms with Crippen molar-refractivity contribution in [1.82, 2.24) is 4.90 Å². The summed E-state index contributed by atoms with van der Waals surface area (Å²) in [7, 11) is 0. The van der Waals surface area contributed by atoms with Crippen LogP contribution in [0.3, 0.4) is 0 Å². The Kier molecular flexibility index (Phi) is 3.93. The molecule has 0 heterocycles. The number of hydrogen-bond donors (Lipinski definition) is 0. The zero-order valence-electron chi connectivity index (χ0n) is 12.4. The summed E-state index contributed by atoms with van der Waals surface area (Å²) >= 11 is 0. The van der Waals surface area contributed by atoms with Crippen LogP contribution in [0.5, 0.6) is 0 Å². The average molecular weight is 271 g/mol. The first-order valence-electron chi connectivity index (χ1n) is 7.94. The minimum Gasteiger partial charge on any atom is -0.302 e. The fourth-order valence-corrected chi connectivity index (χ4v) is 3.01. The van der Waals surface area contributed by atoms with Crippen molar-refractivity contribution < 1.29 is 4.79 Å². The monoisotopic (exact) mass is 271 g/mol. The number of rotatable bonds is 8. The number of nitrogens with zero attached hydrogens (tertiary/aromatic N) is 1. The highest BCUT2D eigenvalue weighted by atomic mass is 16.1. The van der Waals surface area contributed by atoms with Crippen LogP contribution in [0.15, 0.2) is 30.3 Å². The van der Waals surface area contributed by atoms with Gasteiger partial charge < -0.3 is 9.69 Å². The molecule has 2 nitrogen and oxygen atoms in total. The molecule has 1 unspecified atom stereocenters. The molecule has 3 rings (SSSR count). The Labute approximate surface area is 122 Å². The molecule has 0 spiro atoms. The standard InChI is InChI=1S/C18H25NO/c1-18(14-20,17-5-3-2-4-6-17)13-19(11-15-7-8-15)12-16-9-10-16/h2-6,14-16H,7-13H2,1H3. The minimum atomic E-state index is -0.370. The van der Waals surface area contributed by atoms with Crippen molar-refractivity contribution >= 4 is 6.29 Å². The van der Waals surface area contributed by atoms with Gasteiger partial charge in [0.1, 0.15) is 6.29 Å². The summed E-state index contributed by atoms with van der Waals surface area (Å²) < 4.78 is 0. The van der Waals surface area contributed by atoms with Gasteiger partial charge in [0.25, 0.3) is 0 Å². The molecule has 2 heteroatoms. The van der Waals surface area contributed by atoms with Crippen LogP contribution in [0.4, 0.5) is 0 Å². The predicted molar refractivity (Wildman–Crippen MR) is 81.7 cm³/mol. The van der Waals surface area contributed by atoms with Gasteiger partial charge in [0.15, 0.2) is 0 Å². The summed E-state index contributed by atoms with van der Waals surface area (Å²) in [6, 6.07) is 10.2. The molecule has 108 valence electrons. The summed E-state index contributed by atoms with van der Waals surface area (Å²) in [6.45, 7) is 5.33. The van der Waals surface area contributed by atoms with E-state index < -0.39 is 0 Å². The normalized spacial score (nSPS) is 21.7. The lowest BCUT2D eigenvalue weighted by Gasteiger charge is -2.32. The zero-order chi connectivity index (χ0) is 14.0. The molecule has 0 bridgehead atoms. The molecule has 2 aliphatic carbocycles. The van der Waals surface area contributed by atoms with Gasteiger partial charge in [-0.05, 0) is 50.0 Å². The highest BCUT2D eigenvalue weighted by Crippen LogP contribution is 2.35. The summed E-state index contributed by atoms with van der Waals surface area (Å²) in [5, 5.41) is 0. The van der Waals surface area contributed by atoms with E-state index in [2.05, 4.69) is 24.0 Å². The molecule has 1 aromatic carbocycles. The summed E-state index contributed by atoms with van der Waals surface area (Å²) in [5.41, 5.74) is 0.775. The largest absolute Gasteiger partial charge is 0.302 e. The van der Waals surface area contributed by atoms with Gasteiger partial charge in [-0.25, -0.2) is 0 Å². The number of carbonyl (C=O) groups is 1. The highest BCUT2D eigenvalue weighted by molar-refractivity contribution is 5.68. The van der Waals surface area contributed by atoms with E-state index in [4.69, 9.17) is 0 Å². The van der Waals surface area contributed by atoms with E-state index in [0.29, 0.717) is 0 Å². The first-order chi connectivity index (χ1) is 9.69. The molecule has 1 atom stereocenters. The van der Waals surface area contributed by atoms with Crippen molar-refractivity contribution in [3.8, 4) is 0 Å². The molecule has 2 aliphatic rings. The first-order valence-corrected chi connectivity index (χ1v) is 7.94. The molecule has 0 N–H and O–H groups in total. The van der Waals surface area contributed by atoms with E-state index in [0.717, 1.165) is 30.2 Å². The van der Waals surface area contributed by atoms with Gasteiger partial charge in [-0.2, -0.15) is 0 Å². The molecule has 2 fully saturated rings. The van der Waals surface area contributed by atoms with Crippen LogP contribution in [0.1, 0.15) is 38.2 Å². The maximum Gasteiger partial charge on any atom is 0.131 e. The smallest absolute Gasteiger partial charge is 0.131 e. The van der Waals surface area contributed by atoms with Crippen LogP contribution in [0, 0.1) is 11.8 Å². The average Bonchev–Trinajstić information content (AvgIpc) is 3.36. The quantitative estimate of drug-likeness (QED) is 0.676. The van der Waals surface area contributed by atoms with Crippen LogP contribution < -0.4 is 0 Å². The van der Waals surface area contributed by atoms with Crippen LogP contribution in [0.2, 0.25) is 0 Å². The maximum absolute atomic E-state index is 11.7. The third-order valence-corrected chi connectivity index (χ3v) is 4.67. The Morgan fingerprint density at radius 1 is 1.10 bits per heavy atom. The van der Waals surface area contributed by atoms with Crippen molar-refractivity contribution in [2.75, 3.05) is 19.6 Å². The van der Waals surface area contributed by atoms with Crippen LogP contribution in [0.25, 0.3) is 0 Å². The van der Waals surface area contributed by atoms with Crippen molar-refractivity contribution in [3.05, 3.63) is 35.9 Å². The third-order valence-electron chi connectivity index (χ3n) is 4.67. The summed E-state index contributed by atoms with van der Waals surface area (Å²) in [4.78, 5) is 14.3. The van der Waals surface area contributed by atoms with E-state index in [-0.39, 0.29) is 5.41 Å². The second kappa shape index (κ2) is 5.69. The molecular formula is C18H25NO. The molecule has 0 radical (unpaired) electrons. The Morgan fingerprint density at radius 3 is 2.10 bits per heavy atom. The summed E-state index contributed by atoms with van der Waals surface area (Å²) in [5.74, 6) is 1.78. The van der Waals surface area contributed by atoms with Crippen molar-refractivity contribution in [2.24, 2.45) is 11.8 Å². The molecule has 20 heavy (non-hydrogen) atoms. The Balaban J connectivity index is 1.71. The van der Waals surface area contributed by atoms with Gasteiger partial charge in [-0.1, -0.05) is 30.3 Å². The van der Waals surface area contributed by atoms with Gasteiger partial charge in [-0.3, -0.25) is 0 Å². The fourth-order valence-electron chi connectivity index (χ4n) is 3.01. The first kappa shape index (κ1) is 13.8. The van der Waals surface area contributed by atoms with E-state index >= 15 is 0 Å². The molecule has 0 aliphatic heterocycles. The van der Waals surface area contributed by atoms with Crippen molar-refractivity contribution in [1.29, 1.82) is 0 Å². The number of benzene rings is 1. The van der Waals surface area contributed by atoms with Gasteiger partial charge in [-0.15, -0.1) is 0 Å². The van der Waals surface area contributed by atoms with Crippen LogP contribution >= 0.6 is 0 Å². The summed E-state index contributed by atoms with van der Waals surface area (Å²) in [6.07, 6.45) is 6.67. The third kappa shape index (κ3) is 3.49. The SMILES string of the molecule is CC(C=O)(CN(CC1CC1)CC1CC1)c1ccccc1. The van der Waals surface area contributed by atoms with E-state index in [1.807, 2.05) is 18.2 Å². The molecular weight excluding hydrogens is 246 g/mol. The second-order valence-corrected chi connectivity index (χ2v) is 6.98. The zero-order valence-corrected chi connectivity index (χ0v) is 12.4. The Bertz CT molecular complexity index is 436. The van der Waals surface area contributed by atoms with Gasteiger partial charge in [0.05, 0.1) is 5.41 Å². The molecule has 0 aromatic heterocycles. The predicted octanol–water partition coefficient (Wildman–Crippen LogP) is 3.27. The van der Waals surface area contributed by atoms with Gasteiger partial charge in [0, 0.05) is 19.6 Å². The van der Waals surface area contributed by atoms with Gasteiger partial charge in [0.2, 0.25) is 0 Å². The lowest BCUT2D eigenvalue weighted by Crippen LogP contribution is -2.42. The number of hydrogen-bond acceptors (Lipinski definition) is 2. The number of carbonyl (C=O) groups excluding carboxylic acids is 1. The molecule has 2 saturated carbocycles. The van der Waals surface area contributed by atoms with Crippen LogP contribution in [-0.4, -0.2) is 30.8 Å². The van der Waals surface area contributed by atoms with E-state index in [1.165, 1.54) is 38.8 Å². The van der Waals surface area contributed by atoms with E-state index in [9.17, 15) is 4.79 Å². The fraction of sp³-hybridized carbons (Fsp3) is 0.611. The number of aldehydes is 1. The molecule has 1 aromatic rings. The van der Waals surface area contributed by atoms with Crippen LogP contribution in [-0.2, 0) is 10.2 Å². The minimum absolute atomic E-state index is 0.370. The second-order valence-electron chi connectivity index (χ2n) is 6.98. The molecule has 0 amide bonds. The van der Waals surface area contributed by atoms with Gasteiger partial charge >= 0.3 is 0 Å². The van der Waals surface area contributed by atoms with Crippen molar-refractivity contribution in [3.63, 3.8) is 0 Å².